The molecule has 0 aliphatic carbocycles. The highest BCUT2D eigenvalue weighted by Crippen LogP contribution is 2.29. The van der Waals surface area contributed by atoms with Gasteiger partial charge in [-0.2, -0.15) is 0 Å². The van der Waals surface area contributed by atoms with Crippen molar-refractivity contribution in [3.63, 3.8) is 0 Å². The molecule has 0 spiro atoms. The molecule has 0 saturated carbocycles. The Bertz CT molecular complexity index is 773. The van der Waals surface area contributed by atoms with Crippen molar-refractivity contribution >= 4 is 21.6 Å². The van der Waals surface area contributed by atoms with Crippen molar-refractivity contribution in [2.45, 2.75) is 25.4 Å². The number of nitrogens with one attached hydrogen (secondary N) is 1. The molecule has 0 aromatic heterocycles. The smallest absolute Gasteiger partial charge is 0.223 e. The number of sulfonamides is 1. The van der Waals surface area contributed by atoms with Crippen molar-refractivity contribution in [2.75, 3.05) is 44.4 Å². The number of anilines is 1. The highest BCUT2D eigenvalue weighted by atomic mass is 32.2. The zero-order valence-electron chi connectivity index (χ0n) is 15.3. The zero-order chi connectivity index (χ0) is 18.9. The van der Waals surface area contributed by atoms with Gasteiger partial charge in [0.15, 0.2) is 0 Å². The average molecular weight is 381 g/mol. The number of amides is 1. The molecular formula is C18H27N3O4S. The molecule has 0 bridgehead atoms. The van der Waals surface area contributed by atoms with Gasteiger partial charge in [0.2, 0.25) is 15.9 Å². The Morgan fingerprint density at radius 2 is 2.00 bits per heavy atom. The van der Waals surface area contributed by atoms with Gasteiger partial charge in [0, 0.05) is 44.8 Å². The normalized spacial score (nSPS) is 20.0. The van der Waals surface area contributed by atoms with E-state index in [0.29, 0.717) is 25.9 Å². The van der Waals surface area contributed by atoms with Gasteiger partial charge in [0.1, 0.15) is 0 Å². The second-order valence-electron chi connectivity index (χ2n) is 7.26. The fourth-order valence-corrected chi connectivity index (χ4v) is 4.58. The first-order valence-corrected chi connectivity index (χ1v) is 10.9. The van der Waals surface area contributed by atoms with Gasteiger partial charge in [0.05, 0.1) is 12.4 Å². The van der Waals surface area contributed by atoms with Crippen LogP contribution in [0, 0.1) is 5.92 Å². The van der Waals surface area contributed by atoms with Crippen LogP contribution in [0.25, 0.3) is 0 Å². The fraction of sp³-hybridized carbons (Fsp3) is 0.611. The van der Waals surface area contributed by atoms with Crippen LogP contribution in [0.3, 0.4) is 0 Å². The summed E-state index contributed by atoms with van der Waals surface area (Å²) in [5, 5.41) is 13.2. The van der Waals surface area contributed by atoms with Gasteiger partial charge in [-0.15, -0.1) is 0 Å². The minimum Gasteiger partial charge on any atom is -0.387 e. The Morgan fingerprint density at radius 3 is 2.65 bits per heavy atom. The Hall–Kier alpha value is -1.64. The van der Waals surface area contributed by atoms with E-state index in [9.17, 15) is 18.3 Å². The summed E-state index contributed by atoms with van der Waals surface area (Å²) in [6, 6.07) is 5.94. The van der Waals surface area contributed by atoms with Crippen molar-refractivity contribution in [1.29, 1.82) is 0 Å². The third-order valence-electron chi connectivity index (χ3n) is 5.38. The molecule has 1 atom stereocenters. The number of rotatable bonds is 5. The molecule has 1 saturated heterocycles. The molecule has 0 radical (unpaired) electrons. The Balaban J connectivity index is 1.50. The van der Waals surface area contributed by atoms with Gasteiger partial charge >= 0.3 is 0 Å². The molecule has 2 aliphatic heterocycles. The van der Waals surface area contributed by atoms with Gasteiger partial charge in [-0.3, -0.25) is 4.79 Å². The third-order valence-corrected chi connectivity index (χ3v) is 6.68. The molecule has 1 aromatic rings. The largest absolute Gasteiger partial charge is 0.387 e. The van der Waals surface area contributed by atoms with Gasteiger partial charge in [-0.25, -0.2) is 12.7 Å². The minimum atomic E-state index is -3.19. The number of aliphatic hydroxyl groups is 1. The standard InChI is InChI=1S/C18H27N3O4S/c1-20-8-5-14-11-15(3-4-16(14)20)17(22)12-19-18(23)13-6-9-21(10-7-13)26(2,24)25/h3-4,11,13,17,22H,5-10,12H2,1-2H3,(H,19,23). The van der Waals surface area contributed by atoms with Crippen LogP contribution in [0.5, 0.6) is 0 Å². The molecule has 2 heterocycles. The molecule has 1 aromatic carbocycles. The van der Waals surface area contributed by atoms with Crippen LogP contribution in [-0.4, -0.2) is 63.2 Å². The lowest BCUT2D eigenvalue weighted by molar-refractivity contribution is -0.126. The highest BCUT2D eigenvalue weighted by molar-refractivity contribution is 7.88. The lowest BCUT2D eigenvalue weighted by Gasteiger charge is -2.29. The Morgan fingerprint density at radius 1 is 1.31 bits per heavy atom. The van der Waals surface area contributed by atoms with Crippen LogP contribution < -0.4 is 10.2 Å². The van der Waals surface area contributed by atoms with Crippen molar-refractivity contribution in [3.8, 4) is 0 Å². The van der Waals surface area contributed by atoms with Gasteiger partial charge < -0.3 is 15.3 Å². The summed E-state index contributed by atoms with van der Waals surface area (Å²) < 4.78 is 24.5. The quantitative estimate of drug-likeness (QED) is 0.775. The number of aliphatic hydroxyl groups excluding tert-OH is 1. The SMILES string of the molecule is CN1CCc2cc(C(O)CNC(=O)C3CCN(S(C)(=O)=O)CC3)ccc21. The maximum Gasteiger partial charge on any atom is 0.223 e. The molecule has 26 heavy (non-hydrogen) atoms. The van der Waals surface area contributed by atoms with Crippen LogP contribution in [0.2, 0.25) is 0 Å². The topological polar surface area (TPSA) is 89.9 Å². The summed E-state index contributed by atoms with van der Waals surface area (Å²) in [4.78, 5) is 14.5. The maximum absolute atomic E-state index is 12.3. The molecule has 7 nitrogen and oxygen atoms in total. The fourth-order valence-electron chi connectivity index (χ4n) is 3.70. The summed E-state index contributed by atoms with van der Waals surface area (Å²) in [7, 11) is -1.13. The van der Waals surface area contributed by atoms with E-state index in [2.05, 4.69) is 17.3 Å². The summed E-state index contributed by atoms with van der Waals surface area (Å²) in [6.45, 7) is 1.90. The number of likely N-dealkylation sites (N-methyl/N-ethyl adjacent to an activating group) is 1. The van der Waals surface area contributed by atoms with E-state index in [4.69, 9.17) is 0 Å². The molecule has 1 amide bonds. The molecule has 1 fully saturated rings. The van der Waals surface area contributed by atoms with Crippen LogP contribution in [0.4, 0.5) is 5.69 Å². The summed E-state index contributed by atoms with van der Waals surface area (Å²) >= 11 is 0. The van der Waals surface area contributed by atoms with Crippen LogP contribution in [0.15, 0.2) is 18.2 Å². The Kier molecular flexibility index (Phi) is 5.55. The number of nitrogens with zero attached hydrogens (tertiary/aromatic N) is 2. The van der Waals surface area contributed by atoms with E-state index in [1.54, 1.807) is 0 Å². The van der Waals surface area contributed by atoms with Gasteiger partial charge in [-0.1, -0.05) is 12.1 Å². The number of carbonyl (C=O) groups is 1. The monoisotopic (exact) mass is 381 g/mol. The number of benzene rings is 1. The number of hydrogen-bond acceptors (Lipinski definition) is 5. The van der Waals surface area contributed by atoms with Crippen molar-refractivity contribution in [1.82, 2.24) is 9.62 Å². The average Bonchev–Trinajstić information content (AvgIpc) is 2.99. The molecule has 8 heteroatoms. The summed E-state index contributed by atoms with van der Waals surface area (Å²) in [6.07, 6.45) is 2.45. The van der Waals surface area contributed by atoms with E-state index >= 15 is 0 Å². The van der Waals surface area contributed by atoms with E-state index in [1.165, 1.54) is 21.8 Å². The highest BCUT2D eigenvalue weighted by Gasteiger charge is 2.29. The van der Waals surface area contributed by atoms with Crippen LogP contribution >= 0.6 is 0 Å². The maximum atomic E-state index is 12.3. The molecule has 3 rings (SSSR count). The molecule has 2 aliphatic rings. The number of fused-ring (bicyclic) bond motifs is 1. The van der Waals surface area contributed by atoms with Crippen LogP contribution in [-0.2, 0) is 21.2 Å². The number of piperidine rings is 1. The zero-order valence-corrected chi connectivity index (χ0v) is 16.1. The first kappa shape index (κ1) is 19.1. The molecule has 144 valence electrons. The summed E-state index contributed by atoms with van der Waals surface area (Å²) in [5.74, 6) is -0.313. The van der Waals surface area contributed by atoms with Crippen molar-refractivity contribution < 1.29 is 18.3 Å². The predicted molar refractivity (Wildman–Crippen MR) is 101 cm³/mol. The second kappa shape index (κ2) is 7.54. The van der Waals surface area contributed by atoms with Crippen molar-refractivity contribution in [2.24, 2.45) is 5.92 Å². The van der Waals surface area contributed by atoms with Crippen LogP contribution in [0.1, 0.15) is 30.1 Å². The lowest BCUT2D eigenvalue weighted by atomic mass is 9.97. The number of hydrogen-bond donors (Lipinski definition) is 2. The minimum absolute atomic E-state index is 0.113. The predicted octanol–water partition coefficient (Wildman–Crippen LogP) is 0.500. The first-order chi connectivity index (χ1) is 12.3. The van der Waals surface area contributed by atoms with Crippen molar-refractivity contribution in [3.05, 3.63) is 29.3 Å². The molecular weight excluding hydrogens is 354 g/mol. The van der Waals surface area contributed by atoms with E-state index in [0.717, 1.165) is 18.5 Å². The molecule has 2 N–H and O–H groups in total. The second-order valence-corrected chi connectivity index (χ2v) is 9.24. The van der Waals surface area contributed by atoms with Gasteiger partial charge in [-0.05, 0) is 36.5 Å². The van der Waals surface area contributed by atoms with E-state index in [1.807, 2.05) is 18.2 Å². The van der Waals surface area contributed by atoms with Gasteiger partial charge in [0.25, 0.3) is 0 Å². The first-order valence-electron chi connectivity index (χ1n) is 9.00. The third kappa shape index (κ3) is 4.19. The van der Waals surface area contributed by atoms with E-state index < -0.39 is 16.1 Å². The molecule has 1 unspecified atom stereocenters. The number of carbonyl (C=O) groups excluding carboxylic acids is 1. The Labute approximate surface area is 155 Å². The summed E-state index contributed by atoms with van der Waals surface area (Å²) in [5.41, 5.74) is 3.23. The van der Waals surface area contributed by atoms with E-state index in [-0.39, 0.29) is 18.4 Å². The lowest BCUT2D eigenvalue weighted by Crippen LogP contribution is -2.43.